The van der Waals surface area contributed by atoms with Crippen LogP contribution in [0.3, 0.4) is 0 Å². The normalized spacial score (nSPS) is 16.5. The highest BCUT2D eigenvalue weighted by molar-refractivity contribution is 5.99. The van der Waals surface area contributed by atoms with Crippen LogP contribution >= 0.6 is 0 Å². The van der Waals surface area contributed by atoms with Crippen molar-refractivity contribution in [3.63, 3.8) is 0 Å². The van der Waals surface area contributed by atoms with Crippen LogP contribution in [0, 0.1) is 19.7 Å². The van der Waals surface area contributed by atoms with Crippen molar-refractivity contribution >= 4 is 5.78 Å². The van der Waals surface area contributed by atoms with Crippen LogP contribution in [-0.2, 0) is 11.3 Å². The van der Waals surface area contributed by atoms with Crippen LogP contribution in [-0.4, -0.2) is 73.7 Å². The maximum absolute atomic E-state index is 13.6. The third kappa shape index (κ3) is 5.53. The number of hydrogen-bond donors (Lipinski definition) is 0. The van der Waals surface area contributed by atoms with Crippen LogP contribution in [0.15, 0.2) is 24.3 Å². The van der Waals surface area contributed by atoms with Gasteiger partial charge in [-0.1, -0.05) is 0 Å². The van der Waals surface area contributed by atoms with E-state index < -0.39 is 0 Å². The molecule has 170 valence electrons. The summed E-state index contributed by atoms with van der Waals surface area (Å²) >= 11 is 0. The average Bonchev–Trinajstić information content (AvgIpc) is 3.04. The van der Waals surface area contributed by atoms with Crippen molar-refractivity contribution < 1.29 is 18.7 Å². The Balaban J connectivity index is 1.57. The van der Waals surface area contributed by atoms with E-state index in [9.17, 15) is 9.18 Å². The fourth-order valence-electron chi connectivity index (χ4n) is 4.56. The van der Waals surface area contributed by atoms with Gasteiger partial charge in [0.25, 0.3) is 0 Å². The van der Waals surface area contributed by atoms with E-state index in [1.165, 1.54) is 12.1 Å². The van der Waals surface area contributed by atoms with Gasteiger partial charge in [0.1, 0.15) is 11.6 Å². The lowest BCUT2D eigenvalue weighted by atomic mass is 10.1. The van der Waals surface area contributed by atoms with Gasteiger partial charge in [0.05, 0.1) is 26.3 Å². The number of Topliss-reactive ketones (excluding diaryl/α,β-unsaturated/α-hetero) is 1. The molecule has 0 aliphatic carbocycles. The Morgan fingerprint density at radius 2 is 1.77 bits per heavy atom. The Labute approximate surface area is 184 Å². The van der Waals surface area contributed by atoms with Crippen LogP contribution in [0.4, 0.5) is 4.39 Å². The first-order valence-electron chi connectivity index (χ1n) is 10.8. The van der Waals surface area contributed by atoms with Crippen molar-refractivity contribution in [2.75, 3.05) is 53.6 Å². The smallest absolute Gasteiger partial charge is 0.178 e. The molecular weight excluding hydrogens is 397 g/mol. The van der Waals surface area contributed by atoms with Gasteiger partial charge in [-0.15, -0.1) is 0 Å². The first kappa shape index (κ1) is 23.4. The largest absolute Gasteiger partial charge is 0.496 e. The number of nitrogens with zero attached hydrogens (tertiary/aromatic N) is 3. The second-order valence-electron chi connectivity index (χ2n) is 8.39. The number of aromatic nitrogens is 1. The fourth-order valence-corrected chi connectivity index (χ4v) is 4.56. The number of aryl methyl sites for hydroxylation is 1. The molecule has 1 saturated heterocycles. The number of carbonyl (C=O) groups excluding carboxylic acids is 1. The summed E-state index contributed by atoms with van der Waals surface area (Å²) in [5.41, 5.74) is 3.74. The zero-order valence-electron chi connectivity index (χ0n) is 19.3. The van der Waals surface area contributed by atoms with E-state index >= 15 is 0 Å². The Morgan fingerprint density at radius 3 is 2.42 bits per heavy atom. The number of ether oxygens (including phenoxy) is 2. The van der Waals surface area contributed by atoms with E-state index in [4.69, 9.17) is 9.47 Å². The summed E-state index contributed by atoms with van der Waals surface area (Å²) < 4.78 is 26.5. The van der Waals surface area contributed by atoms with Gasteiger partial charge in [-0.3, -0.25) is 14.6 Å². The minimum atomic E-state index is -0.252. The molecular formula is C24H34FN3O3. The first-order chi connectivity index (χ1) is 14.8. The number of halogens is 1. The maximum Gasteiger partial charge on any atom is 0.178 e. The summed E-state index contributed by atoms with van der Waals surface area (Å²) in [5.74, 6) is 0.610. The van der Waals surface area contributed by atoms with Crippen molar-refractivity contribution in [3.8, 4) is 5.75 Å². The molecule has 1 aliphatic rings. The number of methoxy groups -OCH3 is 2. The molecule has 1 aliphatic heterocycles. The van der Waals surface area contributed by atoms with E-state index in [-0.39, 0.29) is 17.6 Å². The van der Waals surface area contributed by atoms with Crippen molar-refractivity contribution in [2.45, 2.75) is 33.4 Å². The number of ketones is 1. The molecule has 1 aromatic carbocycles. The molecule has 0 saturated carbocycles. The van der Waals surface area contributed by atoms with E-state index in [1.807, 2.05) is 19.9 Å². The molecule has 1 atom stereocenters. The third-order valence-electron chi connectivity index (χ3n) is 6.10. The van der Waals surface area contributed by atoms with Crippen LogP contribution in [0.2, 0.25) is 0 Å². The number of piperazine rings is 1. The van der Waals surface area contributed by atoms with Crippen molar-refractivity contribution in [1.82, 2.24) is 14.4 Å². The first-order valence-corrected chi connectivity index (χ1v) is 10.8. The van der Waals surface area contributed by atoms with Gasteiger partial charge >= 0.3 is 0 Å². The Morgan fingerprint density at radius 1 is 1.10 bits per heavy atom. The molecule has 0 amide bonds. The third-order valence-corrected chi connectivity index (χ3v) is 6.10. The summed E-state index contributed by atoms with van der Waals surface area (Å²) in [5, 5.41) is 0. The molecule has 0 radical (unpaired) electrons. The quantitative estimate of drug-likeness (QED) is 0.569. The highest BCUT2D eigenvalue weighted by Crippen LogP contribution is 2.23. The molecule has 3 rings (SSSR count). The lowest BCUT2D eigenvalue weighted by Crippen LogP contribution is -2.47. The number of rotatable bonds is 9. The predicted molar refractivity (Wildman–Crippen MR) is 119 cm³/mol. The van der Waals surface area contributed by atoms with Gasteiger partial charge in [-0.2, -0.15) is 0 Å². The molecule has 1 fully saturated rings. The lowest BCUT2D eigenvalue weighted by molar-refractivity contribution is 0.0841. The van der Waals surface area contributed by atoms with Crippen LogP contribution < -0.4 is 4.74 Å². The summed E-state index contributed by atoms with van der Waals surface area (Å²) in [4.78, 5) is 17.5. The number of carbonyl (C=O) groups is 1. The van der Waals surface area contributed by atoms with Gasteiger partial charge in [0.2, 0.25) is 0 Å². The Hall–Kier alpha value is -2.22. The zero-order valence-corrected chi connectivity index (χ0v) is 19.3. The Kier molecular flexibility index (Phi) is 7.86. The van der Waals surface area contributed by atoms with Crippen LogP contribution in [0.25, 0.3) is 0 Å². The fraction of sp³-hybridized carbons (Fsp3) is 0.542. The van der Waals surface area contributed by atoms with E-state index in [0.29, 0.717) is 25.4 Å². The standard InChI is InChI=1S/C24H34FN3O3/c1-17-12-22(19(3)28(17)18(2)16-30-4)23(29)15-27-10-8-26(9-11-27)14-20-13-21(25)6-7-24(20)31-5/h6-7,12-13,18H,8-11,14-16H2,1-5H3/t18-/m0/s1. The SMILES string of the molecule is COC[C@H](C)n1c(C)cc(C(=O)CN2CCN(Cc3cc(F)ccc3OC)CC2)c1C. The predicted octanol–water partition coefficient (Wildman–Crippen LogP) is 3.46. The highest BCUT2D eigenvalue weighted by atomic mass is 19.1. The second-order valence-corrected chi connectivity index (χ2v) is 8.39. The average molecular weight is 432 g/mol. The molecule has 0 unspecified atom stereocenters. The van der Waals surface area contributed by atoms with Gasteiger partial charge in [-0.05, 0) is 45.0 Å². The van der Waals surface area contributed by atoms with Gasteiger partial charge in [0, 0.05) is 62.3 Å². The molecule has 6 nitrogen and oxygen atoms in total. The summed E-state index contributed by atoms with van der Waals surface area (Å²) in [6.45, 7) is 11.1. The molecule has 0 bridgehead atoms. The molecule has 2 aromatic rings. The summed E-state index contributed by atoms with van der Waals surface area (Å²) in [7, 11) is 3.30. The second kappa shape index (κ2) is 10.4. The highest BCUT2D eigenvalue weighted by Gasteiger charge is 2.23. The number of hydrogen-bond acceptors (Lipinski definition) is 5. The van der Waals surface area contributed by atoms with Crippen LogP contribution in [0.1, 0.15) is 40.3 Å². The van der Waals surface area contributed by atoms with E-state index in [0.717, 1.165) is 48.7 Å². The van der Waals surface area contributed by atoms with Gasteiger partial charge in [-0.25, -0.2) is 4.39 Å². The minimum absolute atomic E-state index is 0.157. The topological polar surface area (TPSA) is 46.9 Å². The molecule has 31 heavy (non-hydrogen) atoms. The molecule has 2 heterocycles. The molecule has 0 spiro atoms. The summed E-state index contributed by atoms with van der Waals surface area (Å²) in [6, 6.07) is 6.81. The minimum Gasteiger partial charge on any atom is -0.496 e. The molecule has 7 heteroatoms. The Bertz CT molecular complexity index is 904. The lowest BCUT2D eigenvalue weighted by Gasteiger charge is -2.34. The molecule has 0 N–H and O–H groups in total. The van der Waals surface area contributed by atoms with Gasteiger partial charge < -0.3 is 14.0 Å². The van der Waals surface area contributed by atoms with E-state index in [2.05, 4.69) is 21.3 Å². The summed E-state index contributed by atoms with van der Waals surface area (Å²) in [6.07, 6.45) is 0. The van der Waals surface area contributed by atoms with Crippen molar-refractivity contribution in [3.05, 3.63) is 52.6 Å². The van der Waals surface area contributed by atoms with Crippen molar-refractivity contribution in [1.29, 1.82) is 0 Å². The zero-order chi connectivity index (χ0) is 22.5. The maximum atomic E-state index is 13.6. The number of benzene rings is 1. The van der Waals surface area contributed by atoms with Crippen LogP contribution in [0.5, 0.6) is 5.75 Å². The van der Waals surface area contributed by atoms with E-state index in [1.54, 1.807) is 20.3 Å². The van der Waals surface area contributed by atoms with Crippen molar-refractivity contribution in [2.24, 2.45) is 0 Å². The monoisotopic (exact) mass is 431 g/mol. The van der Waals surface area contributed by atoms with Gasteiger partial charge in [0.15, 0.2) is 5.78 Å². The molecule has 1 aromatic heterocycles.